The zero-order valence-electron chi connectivity index (χ0n) is 9.64. The Morgan fingerprint density at radius 1 is 1.47 bits per heavy atom. The van der Waals surface area contributed by atoms with Crippen LogP contribution in [0, 0.1) is 0 Å². The fourth-order valence-electron chi connectivity index (χ4n) is 1.92. The van der Waals surface area contributed by atoms with Gasteiger partial charge >= 0.3 is 0 Å². The molecule has 3 nitrogen and oxygen atoms in total. The van der Waals surface area contributed by atoms with Crippen LogP contribution in [-0.4, -0.2) is 11.5 Å². The van der Waals surface area contributed by atoms with Gasteiger partial charge in [-0.2, -0.15) is 0 Å². The summed E-state index contributed by atoms with van der Waals surface area (Å²) >= 11 is 1.72. The molecule has 1 atom stereocenters. The van der Waals surface area contributed by atoms with Crippen molar-refractivity contribution in [2.45, 2.75) is 19.4 Å². The van der Waals surface area contributed by atoms with Crippen molar-refractivity contribution < 1.29 is 4.74 Å². The van der Waals surface area contributed by atoms with E-state index in [1.54, 1.807) is 11.3 Å². The molecule has 0 spiro atoms. The van der Waals surface area contributed by atoms with Crippen LogP contribution in [-0.2, 0) is 6.61 Å². The Morgan fingerprint density at radius 3 is 3.12 bits per heavy atom. The van der Waals surface area contributed by atoms with E-state index in [-0.39, 0.29) is 0 Å². The van der Waals surface area contributed by atoms with Crippen molar-refractivity contribution in [3.63, 3.8) is 0 Å². The van der Waals surface area contributed by atoms with Crippen LogP contribution in [0.3, 0.4) is 0 Å². The maximum atomic E-state index is 5.72. The van der Waals surface area contributed by atoms with Gasteiger partial charge in [0.2, 0.25) is 0 Å². The Hall–Kier alpha value is -1.39. The largest absolute Gasteiger partial charge is 0.487 e. The van der Waals surface area contributed by atoms with Crippen molar-refractivity contribution >= 4 is 11.3 Å². The molecule has 0 bridgehead atoms. The molecule has 0 radical (unpaired) electrons. The van der Waals surface area contributed by atoms with E-state index in [0.29, 0.717) is 19.1 Å². The highest BCUT2D eigenvalue weighted by Gasteiger charge is 2.22. The third kappa shape index (κ3) is 1.73. The summed E-state index contributed by atoms with van der Waals surface area (Å²) in [4.78, 5) is 5.93. The molecule has 3 rings (SSSR count). The first-order valence-electron chi connectivity index (χ1n) is 5.71. The lowest BCUT2D eigenvalue weighted by molar-refractivity contribution is 0.305. The Morgan fingerprint density at radius 2 is 2.29 bits per heavy atom. The molecule has 4 heteroatoms. The molecule has 1 aliphatic heterocycles. The number of aromatic nitrogens is 1. The Labute approximate surface area is 104 Å². The number of nitrogens with zero attached hydrogens (tertiary/aromatic N) is 1. The van der Waals surface area contributed by atoms with Gasteiger partial charge in [-0.1, -0.05) is 19.1 Å². The lowest BCUT2D eigenvalue weighted by Gasteiger charge is -2.15. The Kier molecular flexibility index (Phi) is 2.61. The molecular weight excluding hydrogens is 232 g/mol. The number of fused-ring (bicyclic) bond motifs is 3. The van der Waals surface area contributed by atoms with Gasteiger partial charge < -0.3 is 10.5 Å². The second-order valence-corrected chi connectivity index (χ2v) is 5.36. The summed E-state index contributed by atoms with van der Waals surface area (Å²) in [6.07, 6.45) is 0. The molecule has 1 aromatic carbocycles. The van der Waals surface area contributed by atoms with E-state index in [1.165, 1.54) is 4.88 Å². The van der Waals surface area contributed by atoms with Crippen molar-refractivity contribution in [1.29, 1.82) is 0 Å². The van der Waals surface area contributed by atoms with Crippen LogP contribution in [0.5, 0.6) is 5.75 Å². The average Bonchev–Trinajstić information content (AvgIpc) is 2.82. The van der Waals surface area contributed by atoms with Crippen LogP contribution in [0.4, 0.5) is 0 Å². The molecule has 88 valence electrons. The first kappa shape index (κ1) is 10.7. The van der Waals surface area contributed by atoms with E-state index in [9.17, 15) is 0 Å². The van der Waals surface area contributed by atoms with Crippen LogP contribution in [0.15, 0.2) is 24.3 Å². The van der Waals surface area contributed by atoms with Gasteiger partial charge in [-0.05, 0) is 12.1 Å². The molecule has 1 aromatic heterocycles. The minimum absolute atomic E-state index is 0.317. The van der Waals surface area contributed by atoms with E-state index in [1.807, 2.05) is 18.2 Å². The van der Waals surface area contributed by atoms with Gasteiger partial charge in [-0.3, -0.25) is 0 Å². The summed E-state index contributed by atoms with van der Waals surface area (Å²) in [5.74, 6) is 1.25. The minimum atomic E-state index is 0.317. The van der Waals surface area contributed by atoms with Crippen LogP contribution in [0.1, 0.15) is 22.7 Å². The monoisotopic (exact) mass is 246 g/mol. The predicted octanol–water partition coefficient (Wildman–Crippen LogP) is 2.76. The van der Waals surface area contributed by atoms with Crippen molar-refractivity contribution in [3.8, 4) is 17.0 Å². The number of para-hydroxylation sites is 1. The van der Waals surface area contributed by atoms with Crippen molar-refractivity contribution in [2.75, 3.05) is 6.54 Å². The molecule has 1 aliphatic rings. The predicted molar refractivity (Wildman–Crippen MR) is 69.4 cm³/mol. The lowest BCUT2D eigenvalue weighted by Crippen LogP contribution is -2.08. The molecule has 0 amide bonds. The summed E-state index contributed by atoms with van der Waals surface area (Å²) in [5, 5.41) is 1.11. The van der Waals surface area contributed by atoms with Gasteiger partial charge in [-0.15, -0.1) is 11.3 Å². The number of hydrogen-bond donors (Lipinski definition) is 1. The molecule has 0 aliphatic carbocycles. The lowest BCUT2D eigenvalue weighted by atomic mass is 10.1. The maximum absolute atomic E-state index is 5.72. The SMILES string of the molecule is CC(CN)c1nc2c(s1)COc1ccccc1-2. The molecule has 2 heterocycles. The fraction of sp³-hybridized carbons (Fsp3) is 0.308. The number of nitrogens with two attached hydrogens (primary N) is 1. The smallest absolute Gasteiger partial charge is 0.129 e. The van der Waals surface area contributed by atoms with Gasteiger partial charge in [0.1, 0.15) is 12.4 Å². The van der Waals surface area contributed by atoms with Crippen LogP contribution in [0.25, 0.3) is 11.3 Å². The van der Waals surface area contributed by atoms with Crippen LogP contribution >= 0.6 is 11.3 Å². The first-order chi connectivity index (χ1) is 8.29. The number of rotatable bonds is 2. The van der Waals surface area contributed by atoms with Gasteiger partial charge in [0.25, 0.3) is 0 Å². The zero-order chi connectivity index (χ0) is 11.8. The summed E-state index contributed by atoms with van der Waals surface area (Å²) in [6.45, 7) is 3.37. The maximum Gasteiger partial charge on any atom is 0.129 e. The normalized spacial score (nSPS) is 14.7. The second kappa shape index (κ2) is 4.13. The van der Waals surface area contributed by atoms with E-state index in [4.69, 9.17) is 15.5 Å². The standard InChI is InChI=1S/C13H14N2OS/c1-8(6-14)13-15-12-9-4-2-3-5-10(9)16-7-11(12)17-13/h2-5,8H,6-7,14H2,1H3. The van der Waals surface area contributed by atoms with E-state index < -0.39 is 0 Å². The molecule has 2 aromatic rings. The summed E-state index contributed by atoms with van der Waals surface area (Å²) in [5.41, 5.74) is 7.87. The molecule has 2 N–H and O–H groups in total. The third-order valence-corrected chi connectivity index (χ3v) is 4.25. The van der Waals surface area contributed by atoms with Gasteiger partial charge in [0.05, 0.1) is 15.6 Å². The molecule has 0 fully saturated rings. The second-order valence-electron chi connectivity index (χ2n) is 4.25. The highest BCUT2D eigenvalue weighted by Crippen LogP contribution is 2.40. The van der Waals surface area contributed by atoms with Crippen LogP contribution in [0.2, 0.25) is 0 Å². The van der Waals surface area contributed by atoms with E-state index in [2.05, 4.69) is 13.0 Å². The number of benzene rings is 1. The summed E-state index contributed by atoms with van der Waals surface area (Å²) in [6, 6.07) is 8.05. The van der Waals surface area contributed by atoms with E-state index in [0.717, 1.165) is 22.0 Å². The molecular formula is C13H14N2OS. The molecule has 1 unspecified atom stereocenters. The number of thiazole rings is 1. The van der Waals surface area contributed by atoms with E-state index >= 15 is 0 Å². The first-order valence-corrected chi connectivity index (χ1v) is 6.53. The molecule has 17 heavy (non-hydrogen) atoms. The third-order valence-electron chi connectivity index (χ3n) is 2.99. The highest BCUT2D eigenvalue weighted by atomic mass is 32.1. The van der Waals surface area contributed by atoms with Crippen molar-refractivity contribution in [2.24, 2.45) is 5.73 Å². The summed E-state index contributed by atoms with van der Waals surface area (Å²) < 4.78 is 5.72. The van der Waals surface area contributed by atoms with Gasteiger partial charge in [-0.25, -0.2) is 4.98 Å². The van der Waals surface area contributed by atoms with Gasteiger partial charge in [0.15, 0.2) is 0 Å². The quantitative estimate of drug-likeness (QED) is 0.886. The Bertz CT molecular complexity index is 550. The van der Waals surface area contributed by atoms with Crippen LogP contribution < -0.4 is 10.5 Å². The Balaban J connectivity index is 2.10. The van der Waals surface area contributed by atoms with Crippen molar-refractivity contribution in [3.05, 3.63) is 34.2 Å². The zero-order valence-corrected chi connectivity index (χ0v) is 10.5. The summed E-state index contributed by atoms with van der Waals surface area (Å²) in [7, 11) is 0. The number of hydrogen-bond acceptors (Lipinski definition) is 4. The van der Waals surface area contributed by atoms with Crippen molar-refractivity contribution in [1.82, 2.24) is 4.98 Å². The minimum Gasteiger partial charge on any atom is -0.487 e. The topological polar surface area (TPSA) is 48.1 Å². The molecule has 0 saturated carbocycles. The average molecular weight is 246 g/mol. The highest BCUT2D eigenvalue weighted by molar-refractivity contribution is 7.12. The fourth-order valence-corrected chi connectivity index (χ4v) is 2.98. The molecule has 0 saturated heterocycles. The number of ether oxygens (including phenoxy) is 1. The van der Waals surface area contributed by atoms with Gasteiger partial charge in [0, 0.05) is 18.0 Å².